The Morgan fingerprint density at radius 1 is 1.33 bits per heavy atom. The Morgan fingerprint density at radius 2 is 2.00 bits per heavy atom. The number of hydrazone groups is 1. The third-order valence-corrected chi connectivity index (χ3v) is 7.08. The number of nitrogens with two attached hydrogens (primary N) is 4. The molecule has 3 rings (SSSR count). The molecule has 214 valence electrons. The van der Waals surface area contributed by atoms with E-state index in [1.54, 1.807) is 0 Å². The molecule has 2 amide bonds. The van der Waals surface area contributed by atoms with Gasteiger partial charge in [-0.25, -0.2) is 21.2 Å². The molecular formula is C20H30N10O7S2. The van der Waals surface area contributed by atoms with Crippen LogP contribution in [0.25, 0.3) is 0 Å². The molecule has 17 nitrogen and oxygen atoms in total. The maximum atomic E-state index is 13.2. The van der Waals surface area contributed by atoms with Gasteiger partial charge in [0, 0.05) is 23.6 Å². The third-order valence-electron chi connectivity index (χ3n) is 5.07. The molecule has 1 aromatic heterocycles. The van der Waals surface area contributed by atoms with Crippen LogP contribution in [0.5, 0.6) is 0 Å². The minimum Gasteiger partial charge on any atom is -0.478 e. The van der Waals surface area contributed by atoms with Crippen LogP contribution in [0, 0.1) is 0 Å². The number of nitrogens with one attached hydrogen (secondary N) is 2. The SMILES string of the molecule is CC(=O)OCC1=C(/C(N)=N/NN)N2C(=O)C(NC(=O)/C(=N\OC(C)(C)C(=O)O)c3csc(N)n3)C2SC1.CN. The number of thioether (sulfide) groups is 1. The smallest absolute Gasteiger partial charge is 0.350 e. The number of rotatable bonds is 10. The van der Waals surface area contributed by atoms with Gasteiger partial charge < -0.3 is 37.2 Å². The second-order valence-electron chi connectivity index (χ2n) is 8.14. The summed E-state index contributed by atoms with van der Waals surface area (Å²) in [5.41, 5.74) is 16.9. The minimum atomic E-state index is -1.75. The summed E-state index contributed by atoms with van der Waals surface area (Å²) in [6.07, 6.45) is 0. The summed E-state index contributed by atoms with van der Waals surface area (Å²) in [4.78, 5) is 59.3. The number of fused-ring (bicyclic) bond motifs is 1. The number of β-lactam (4-membered cyclic amide) rings is 1. The van der Waals surface area contributed by atoms with Gasteiger partial charge >= 0.3 is 11.9 Å². The number of nitrogen functional groups attached to an aromatic ring is 1. The van der Waals surface area contributed by atoms with Gasteiger partial charge in [-0.3, -0.25) is 19.3 Å². The maximum Gasteiger partial charge on any atom is 0.350 e. The lowest BCUT2D eigenvalue weighted by Gasteiger charge is -2.50. The van der Waals surface area contributed by atoms with Gasteiger partial charge in [-0.2, -0.15) is 0 Å². The minimum absolute atomic E-state index is 0.0377. The first-order valence-corrected chi connectivity index (χ1v) is 13.0. The van der Waals surface area contributed by atoms with Crippen molar-refractivity contribution in [3.05, 3.63) is 22.3 Å². The van der Waals surface area contributed by atoms with Crippen molar-refractivity contribution in [3.63, 3.8) is 0 Å². The van der Waals surface area contributed by atoms with E-state index < -0.39 is 40.8 Å². The number of thiazole rings is 1. The van der Waals surface area contributed by atoms with Gasteiger partial charge in [0.05, 0.1) is 5.70 Å². The molecule has 39 heavy (non-hydrogen) atoms. The molecule has 0 bridgehead atoms. The second kappa shape index (κ2) is 13.2. The maximum absolute atomic E-state index is 13.2. The highest BCUT2D eigenvalue weighted by Gasteiger charge is 2.53. The Bertz CT molecular complexity index is 1210. The van der Waals surface area contributed by atoms with Crippen LogP contribution in [0.15, 0.2) is 26.9 Å². The van der Waals surface area contributed by atoms with Gasteiger partial charge in [0.25, 0.3) is 11.8 Å². The summed E-state index contributed by atoms with van der Waals surface area (Å²) in [6, 6.07) is -1.00. The van der Waals surface area contributed by atoms with Gasteiger partial charge in [-0.1, -0.05) is 5.16 Å². The molecule has 0 radical (unpaired) electrons. The van der Waals surface area contributed by atoms with Gasteiger partial charge in [0.2, 0.25) is 5.60 Å². The average molecular weight is 587 g/mol. The molecule has 1 aromatic rings. The molecule has 0 aromatic carbocycles. The van der Waals surface area contributed by atoms with Crippen LogP contribution in [-0.4, -0.2) is 86.7 Å². The summed E-state index contributed by atoms with van der Waals surface area (Å²) >= 11 is 2.33. The van der Waals surface area contributed by atoms with Crippen molar-refractivity contribution in [1.29, 1.82) is 0 Å². The van der Waals surface area contributed by atoms with Gasteiger partial charge in [0.1, 0.15) is 23.7 Å². The Balaban J connectivity index is 0.00000260. The number of oxime groups is 1. The Kier molecular flexibility index (Phi) is 10.6. The van der Waals surface area contributed by atoms with Crippen LogP contribution >= 0.6 is 23.1 Å². The van der Waals surface area contributed by atoms with E-state index in [0.29, 0.717) is 11.3 Å². The number of hydrogen-bond donors (Lipinski definition) is 7. The summed E-state index contributed by atoms with van der Waals surface area (Å²) in [5.74, 6) is 2.23. The molecule has 3 heterocycles. The third kappa shape index (κ3) is 7.13. The summed E-state index contributed by atoms with van der Waals surface area (Å²) in [6.45, 7) is 3.62. The van der Waals surface area contributed by atoms with Crippen LogP contribution in [0.3, 0.4) is 0 Å². The molecule has 19 heteroatoms. The number of anilines is 1. The molecule has 0 aliphatic carbocycles. The zero-order valence-electron chi connectivity index (χ0n) is 21.5. The fraction of sp³-hybridized carbons (Fsp3) is 0.450. The highest BCUT2D eigenvalue weighted by Crippen LogP contribution is 2.40. The number of hydrogen-bond acceptors (Lipinski definition) is 15. The topological polar surface area (TPSA) is 276 Å². The molecular weight excluding hydrogens is 556 g/mol. The van der Waals surface area contributed by atoms with E-state index in [2.05, 4.69) is 31.8 Å². The monoisotopic (exact) mass is 586 g/mol. The Hall–Kier alpha value is -3.94. The van der Waals surface area contributed by atoms with E-state index in [-0.39, 0.29) is 34.7 Å². The molecule has 2 aliphatic heterocycles. The van der Waals surface area contributed by atoms with Gasteiger partial charge in [0.15, 0.2) is 16.7 Å². The largest absolute Gasteiger partial charge is 0.478 e. The van der Waals surface area contributed by atoms with E-state index in [4.69, 9.17) is 26.9 Å². The molecule has 0 saturated carbocycles. The fourth-order valence-corrected chi connectivity index (χ4v) is 5.04. The highest BCUT2D eigenvalue weighted by molar-refractivity contribution is 8.00. The van der Waals surface area contributed by atoms with E-state index in [1.807, 2.05) is 0 Å². The van der Waals surface area contributed by atoms with Crippen molar-refractivity contribution in [2.24, 2.45) is 27.6 Å². The molecule has 2 aliphatic rings. The first-order valence-electron chi connectivity index (χ1n) is 11.1. The number of hydrazine groups is 1. The lowest BCUT2D eigenvalue weighted by atomic mass is 10.0. The number of amidine groups is 1. The molecule has 1 fully saturated rings. The van der Waals surface area contributed by atoms with E-state index in [1.165, 1.54) is 49.9 Å². The molecule has 1 saturated heterocycles. The highest BCUT2D eigenvalue weighted by atomic mass is 32.2. The number of carboxylic acids is 1. The quantitative estimate of drug-likeness (QED) is 0.0384. The van der Waals surface area contributed by atoms with E-state index in [0.717, 1.165) is 11.3 Å². The fourth-order valence-electron chi connectivity index (χ4n) is 3.17. The van der Waals surface area contributed by atoms with Crippen LogP contribution in [0.1, 0.15) is 26.5 Å². The van der Waals surface area contributed by atoms with Crippen LogP contribution in [0.4, 0.5) is 5.13 Å². The zero-order chi connectivity index (χ0) is 29.5. The number of aromatic nitrogens is 1. The van der Waals surface area contributed by atoms with Crippen LogP contribution in [-0.2, 0) is 28.8 Å². The van der Waals surface area contributed by atoms with E-state index >= 15 is 0 Å². The number of nitrogens with zero attached hydrogens (tertiary/aromatic N) is 4. The number of ether oxygens (including phenoxy) is 1. The second-order valence-corrected chi connectivity index (χ2v) is 10.1. The summed E-state index contributed by atoms with van der Waals surface area (Å²) in [7, 11) is 1.50. The first-order chi connectivity index (χ1) is 18.4. The lowest BCUT2D eigenvalue weighted by Crippen LogP contribution is -2.71. The predicted molar refractivity (Wildman–Crippen MR) is 144 cm³/mol. The number of aliphatic carboxylic acids is 1. The predicted octanol–water partition coefficient (Wildman–Crippen LogP) is -2.16. The Morgan fingerprint density at radius 3 is 2.54 bits per heavy atom. The molecule has 2 atom stereocenters. The van der Waals surface area contributed by atoms with Crippen molar-refractivity contribution in [3.8, 4) is 0 Å². The number of amides is 2. The average Bonchev–Trinajstić information content (AvgIpc) is 3.32. The van der Waals surface area contributed by atoms with Crippen LogP contribution in [0.2, 0.25) is 0 Å². The van der Waals surface area contributed by atoms with Crippen molar-refractivity contribution < 1.29 is 33.9 Å². The van der Waals surface area contributed by atoms with Gasteiger partial charge in [-0.05, 0) is 20.9 Å². The number of carbonyl (C=O) groups excluding carboxylic acids is 3. The first kappa shape index (κ1) is 31.3. The normalized spacial score (nSPS) is 19.2. The standard InChI is InChI=1S/C19H25N9O7S2.CH5N/c1-7(29)34-4-8-5-36-16-11(15(31)28(16)12(8)13(20)25-27-22)24-14(30)10(9-6-37-18(21)23-9)26-35-19(2,3)17(32)33;1-2/h6,11,16,27H,4-5,22H2,1-3H3,(H2,20,25)(H2,21,23)(H,24,30)(H,32,33);2H2,1H3/b26-10-;. The summed E-state index contributed by atoms with van der Waals surface area (Å²) < 4.78 is 5.06. The van der Waals surface area contributed by atoms with Crippen molar-refractivity contribution in [2.75, 3.05) is 25.1 Å². The molecule has 11 N–H and O–H groups in total. The van der Waals surface area contributed by atoms with Crippen molar-refractivity contribution in [2.45, 2.75) is 37.8 Å². The number of esters is 1. The van der Waals surface area contributed by atoms with Gasteiger partial charge in [-0.15, -0.1) is 28.2 Å². The van der Waals surface area contributed by atoms with Crippen molar-refractivity contribution >= 4 is 63.5 Å². The zero-order valence-corrected chi connectivity index (χ0v) is 23.1. The number of carboxylic acid groups (broad SMARTS) is 1. The number of carbonyl (C=O) groups is 4. The van der Waals surface area contributed by atoms with E-state index in [9.17, 15) is 24.3 Å². The molecule has 0 spiro atoms. The molecule has 2 unspecified atom stereocenters. The van der Waals surface area contributed by atoms with Crippen molar-refractivity contribution in [1.82, 2.24) is 20.7 Å². The lowest BCUT2D eigenvalue weighted by molar-refractivity contribution is -0.161. The summed E-state index contributed by atoms with van der Waals surface area (Å²) in [5, 5.41) is 20.3. The van der Waals surface area contributed by atoms with Crippen LogP contribution < -0.4 is 33.9 Å². The Labute approximate surface area is 230 Å².